The lowest BCUT2D eigenvalue weighted by molar-refractivity contribution is -0.385. The molecule has 2 rings (SSSR count). The number of rotatable bonds is 4. The van der Waals surface area contributed by atoms with E-state index in [1.54, 1.807) is 0 Å². The summed E-state index contributed by atoms with van der Waals surface area (Å²) in [5, 5.41) is 23.0. The Hall–Kier alpha value is -1.97. The summed E-state index contributed by atoms with van der Waals surface area (Å²) >= 11 is 0. The summed E-state index contributed by atoms with van der Waals surface area (Å²) in [6.45, 7) is 0. The van der Waals surface area contributed by atoms with E-state index in [2.05, 4.69) is 5.10 Å². The highest BCUT2D eigenvalue weighted by Gasteiger charge is 2.33. The molecule has 0 saturated heterocycles. The first kappa shape index (κ1) is 15.4. The summed E-state index contributed by atoms with van der Waals surface area (Å²) in [7, 11) is -3.19. The third kappa shape index (κ3) is 3.20. The second-order valence-corrected chi connectivity index (χ2v) is 7.50. The van der Waals surface area contributed by atoms with Crippen LogP contribution in [0.4, 0.5) is 5.69 Å². The summed E-state index contributed by atoms with van der Waals surface area (Å²) in [4.78, 5) is 21.0. The molecule has 1 heterocycles. The van der Waals surface area contributed by atoms with Crippen LogP contribution in [-0.4, -0.2) is 45.7 Å². The Morgan fingerprint density at radius 2 is 2.19 bits per heavy atom. The van der Waals surface area contributed by atoms with Gasteiger partial charge in [0.15, 0.2) is 0 Å². The zero-order valence-corrected chi connectivity index (χ0v) is 12.1. The second kappa shape index (κ2) is 5.43. The van der Waals surface area contributed by atoms with Crippen LogP contribution in [-0.2, 0) is 9.84 Å². The molecule has 1 aliphatic rings. The van der Waals surface area contributed by atoms with Crippen LogP contribution in [0.15, 0.2) is 6.20 Å². The third-order valence-corrected chi connectivity index (χ3v) is 5.33. The van der Waals surface area contributed by atoms with Gasteiger partial charge in [0.25, 0.3) is 0 Å². The van der Waals surface area contributed by atoms with E-state index in [0.717, 1.165) is 12.5 Å². The molecule has 0 spiro atoms. The van der Waals surface area contributed by atoms with Crippen molar-refractivity contribution >= 4 is 21.5 Å². The van der Waals surface area contributed by atoms with Crippen LogP contribution in [0.2, 0.25) is 0 Å². The Kier molecular flexibility index (Phi) is 3.99. The van der Waals surface area contributed by atoms with E-state index in [4.69, 9.17) is 5.11 Å². The van der Waals surface area contributed by atoms with Crippen molar-refractivity contribution in [2.24, 2.45) is 0 Å². The summed E-state index contributed by atoms with van der Waals surface area (Å²) in [6.07, 6.45) is 4.33. The number of sulfone groups is 1. The summed E-state index contributed by atoms with van der Waals surface area (Å²) in [5.41, 5.74) is -1.20. The summed E-state index contributed by atoms with van der Waals surface area (Å²) in [6, 6.07) is -0.342. The minimum Gasteiger partial charge on any atom is -0.476 e. The molecule has 0 radical (unpaired) electrons. The van der Waals surface area contributed by atoms with Crippen LogP contribution in [0, 0.1) is 10.1 Å². The Balaban J connectivity index is 2.32. The lowest BCUT2D eigenvalue weighted by Gasteiger charge is -2.27. The molecule has 1 aliphatic carbocycles. The van der Waals surface area contributed by atoms with E-state index in [9.17, 15) is 23.3 Å². The molecule has 1 fully saturated rings. The number of aromatic carboxylic acids is 1. The Morgan fingerprint density at radius 3 is 2.67 bits per heavy atom. The van der Waals surface area contributed by atoms with Gasteiger partial charge in [-0.3, -0.25) is 14.8 Å². The normalized spacial score (nSPS) is 22.9. The van der Waals surface area contributed by atoms with Crippen molar-refractivity contribution in [1.82, 2.24) is 9.78 Å². The van der Waals surface area contributed by atoms with Gasteiger partial charge in [-0.1, -0.05) is 6.42 Å². The molecule has 0 aliphatic heterocycles. The number of nitrogens with zero attached hydrogens (tertiary/aromatic N) is 3. The van der Waals surface area contributed by atoms with Crippen molar-refractivity contribution in [3.8, 4) is 0 Å². The Bertz CT molecular complexity index is 649. The molecule has 10 heteroatoms. The summed E-state index contributed by atoms with van der Waals surface area (Å²) in [5.74, 6) is -1.48. The lowest BCUT2D eigenvalue weighted by Crippen LogP contribution is -2.29. The minimum absolute atomic E-state index is 0.288. The van der Waals surface area contributed by atoms with Crippen LogP contribution in [0.25, 0.3) is 0 Å². The van der Waals surface area contributed by atoms with Crippen LogP contribution < -0.4 is 0 Å². The van der Waals surface area contributed by atoms with E-state index < -0.39 is 37.4 Å². The van der Waals surface area contributed by atoms with Crippen molar-refractivity contribution in [1.29, 1.82) is 0 Å². The molecular formula is C11H15N3O6S. The van der Waals surface area contributed by atoms with E-state index in [1.807, 2.05) is 0 Å². The smallest absolute Gasteiger partial charge is 0.363 e. The van der Waals surface area contributed by atoms with E-state index in [1.165, 1.54) is 4.68 Å². The van der Waals surface area contributed by atoms with Gasteiger partial charge in [-0.25, -0.2) is 13.2 Å². The molecule has 21 heavy (non-hydrogen) atoms. The van der Waals surface area contributed by atoms with Gasteiger partial charge in [0, 0.05) is 6.26 Å². The van der Waals surface area contributed by atoms with Gasteiger partial charge in [-0.2, -0.15) is 5.10 Å². The fourth-order valence-corrected chi connectivity index (χ4v) is 3.77. The molecule has 1 aromatic heterocycles. The maximum atomic E-state index is 11.6. The van der Waals surface area contributed by atoms with E-state index in [0.29, 0.717) is 19.3 Å². The van der Waals surface area contributed by atoms with Crippen molar-refractivity contribution < 1.29 is 23.2 Å². The number of carboxylic acid groups (broad SMARTS) is 1. The maximum absolute atomic E-state index is 11.6. The van der Waals surface area contributed by atoms with Crippen molar-refractivity contribution in [3.05, 3.63) is 22.0 Å². The topological polar surface area (TPSA) is 132 Å². The SMILES string of the molecule is CS(=O)(=O)C1CCCC(n2cc([N+](=O)[O-])c(C(=O)O)n2)C1. The number of hydrogen-bond acceptors (Lipinski definition) is 6. The maximum Gasteiger partial charge on any atom is 0.363 e. The molecule has 2 unspecified atom stereocenters. The zero-order valence-electron chi connectivity index (χ0n) is 11.3. The van der Waals surface area contributed by atoms with Crippen LogP contribution in [0.1, 0.15) is 42.2 Å². The Morgan fingerprint density at radius 1 is 1.52 bits per heavy atom. The van der Waals surface area contributed by atoms with Gasteiger partial charge >= 0.3 is 11.7 Å². The highest BCUT2D eigenvalue weighted by molar-refractivity contribution is 7.91. The predicted molar refractivity (Wildman–Crippen MR) is 72.0 cm³/mol. The number of nitro groups is 1. The fraction of sp³-hybridized carbons (Fsp3) is 0.636. The number of carbonyl (C=O) groups is 1. The van der Waals surface area contributed by atoms with E-state index >= 15 is 0 Å². The number of hydrogen-bond donors (Lipinski definition) is 1. The van der Waals surface area contributed by atoms with Gasteiger partial charge < -0.3 is 5.11 Å². The average molecular weight is 317 g/mol. The average Bonchev–Trinajstić information content (AvgIpc) is 2.83. The highest BCUT2D eigenvalue weighted by Crippen LogP contribution is 2.33. The van der Waals surface area contributed by atoms with Gasteiger partial charge in [-0.15, -0.1) is 0 Å². The largest absolute Gasteiger partial charge is 0.476 e. The Labute approximate surface area is 120 Å². The van der Waals surface area contributed by atoms with Crippen molar-refractivity contribution in [3.63, 3.8) is 0 Å². The fourth-order valence-electron chi connectivity index (χ4n) is 2.60. The number of carboxylic acids is 1. The molecule has 1 N–H and O–H groups in total. The van der Waals surface area contributed by atoms with Crippen molar-refractivity contribution in [2.75, 3.05) is 6.26 Å². The first-order valence-corrected chi connectivity index (χ1v) is 8.31. The molecule has 0 amide bonds. The van der Waals surface area contributed by atoms with Gasteiger partial charge in [0.05, 0.1) is 16.2 Å². The molecule has 1 aromatic rings. The minimum atomic E-state index is -3.19. The van der Waals surface area contributed by atoms with E-state index in [-0.39, 0.29) is 12.5 Å². The predicted octanol–water partition coefficient (Wildman–Crippen LogP) is 1.02. The van der Waals surface area contributed by atoms with Gasteiger partial charge in [-0.05, 0) is 19.3 Å². The molecule has 116 valence electrons. The zero-order chi connectivity index (χ0) is 15.8. The molecule has 0 aromatic carbocycles. The monoisotopic (exact) mass is 317 g/mol. The van der Waals surface area contributed by atoms with Gasteiger partial charge in [0.1, 0.15) is 16.0 Å². The summed E-state index contributed by atoms with van der Waals surface area (Å²) < 4.78 is 24.5. The quantitative estimate of drug-likeness (QED) is 0.647. The molecule has 2 atom stereocenters. The van der Waals surface area contributed by atoms with Crippen LogP contribution >= 0.6 is 0 Å². The third-order valence-electron chi connectivity index (χ3n) is 3.69. The first-order valence-electron chi connectivity index (χ1n) is 6.36. The number of aromatic nitrogens is 2. The molecule has 9 nitrogen and oxygen atoms in total. The second-order valence-electron chi connectivity index (χ2n) is 5.18. The van der Waals surface area contributed by atoms with Gasteiger partial charge in [0.2, 0.25) is 5.69 Å². The van der Waals surface area contributed by atoms with Crippen molar-refractivity contribution in [2.45, 2.75) is 37.0 Å². The first-order chi connectivity index (χ1) is 9.70. The standard InChI is InChI=1S/C11H15N3O6S/c1-21(19,20)8-4-2-3-7(5-8)13-6-9(14(17)18)10(12-13)11(15)16/h6-8H,2-5H2,1H3,(H,15,16). The highest BCUT2D eigenvalue weighted by atomic mass is 32.2. The molecule has 0 bridgehead atoms. The molecular weight excluding hydrogens is 302 g/mol. The lowest BCUT2D eigenvalue weighted by atomic mass is 9.95. The molecule has 1 saturated carbocycles. The van der Waals surface area contributed by atoms with Crippen LogP contribution in [0.5, 0.6) is 0 Å². The van der Waals surface area contributed by atoms with Crippen LogP contribution in [0.3, 0.4) is 0 Å².